The van der Waals surface area contributed by atoms with Crippen LogP contribution in [0.5, 0.6) is 0 Å². The summed E-state index contributed by atoms with van der Waals surface area (Å²) in [5.41, 5.74) is 2.67. The molecule has 1 aromatic carbocycles. The van der Waals surface area contributed by atoms with Gasteiger partial charge in [-0.15, -0.1) is 0 Å². The Balaban J connectivity index is 2.18. The van der Waals surface area contributed by atoms with Crippen LogP contribution in [0.1, 0.15) is 20.3 Å². The van der Waals surface area contributed by atoms with E-state index in [9.17, 15) is 9.59 Å². The van der Waals surface area contributed by atoms with Crippen LogP contribution < -0.4 is 0 Å². The summed E-state index contributed by atoms with van der Waals surface area (Å²) in [4.78, 5) is 31.8. The molecule has 0 fully saturated rings. The van der Waals surface area contributed by atoms with Crippen LogP contribution >= 0.6 is 0 Å². The lowest BCUT2D eigenvalue weighted by molar-refractivity contribution is -0.148. The van der Waals surface area contributed by atoms with Crippen molar-refractivity contribution in [3.8, 4) is 11.1 Å². The fourth-order valence-electron chi connectivity index (χ4n) is 2.09. The van der Waals surface area contributed by atoms with Crippen LogP contribution in [0.15, 0.2) is 53.8 Å². The van der Waals surface area contributed by atoms with E-state index in [1.165, 1.54) is 13.1 Å². The lowest BCUT2D eigenvalue weighted by atomic mass is 10.1. The third kappa shape index (κ3) is 4.84. The van der Waals surface area contributed by atoms with Crippen LogP contribution in [0.25, 0.3) is 11.1 Å². The summed E-state index contributed by atoms with van der Waals surface area (Å²) in [6.45, 7) is 3.56. The highest BCUT2D eigenvalue weighted by Gasteiger charge is 2.22. The molecule has 0 saturated carbocycles. The number of hydrogen-bond donors (Lipinski definition) is 0. The summed E-state index contributed by atoms with van der Waals surface area (Å²) >= 11 is 0. The standard InChI is InChI=1S/C19H20N2O3/c1-3-11-24-19(23)18(14(2)22)13-21-17-6-4-5-16(12-17)15-7-9-20-10-8-15/h4-10,12-13,18H,3,11H2,1-2H3. The number of aromatic nitrogens is 1. The third-order valence-corrected chi connectivity index (χ3v) is 3.37. The molecule has 0 aliphatic carbocycles. The average molecular weight is 324 g/mol. The van der Waals surface area contributed by atoms with E-state index in [2.05, 4.69) is 9.98 Å². The van der Waals surface area contributed by atoms with Crippen molar-refractivity contribution in [2.75, 3.05) is 6.61 Å². The maximum absolute atomic E-state index is 11.9. The minimum Gasteiger partial charge on any atom is -0.465 e. The molecule has 0 aliphatic heterocycles. The number of carbonyl (C=O) groups excluding carboxylic acids is 2. The van der Waals surface area contributed by atoms with Gasteiger partial charge < -0.3 is 4.74 Å². The molecule has 1 heterocycles. The topological polar surface area (TPSA) is 68.6 Å². The fourth-order valence-corrected chi connectivity index (χ4v) is 2.09. The number of esters is 1. The summed E-state index contributed by atoms with van der Waals surface area (Å²) in [5.74, 6) is -1.82. The van der Waals surface area contributed by atoms with E-state index in [4.69, 9.17) is 4.74 Å². The Labute approximate surface area is 141 Å². The van der Waals surface area contributed by atoms with Crippen molar-refractivity contribution >= 4 is 23.7 Å². The van der Waals surface area contributed by atoms with E-state index in [-0.39, 0.29) is 5.78 Å². The normalized spacial score (nSPS) is 12.1. The molecule has 124 valence electrons. The molecule has 1 unspecified atom stereocenters. The van der Waals surface area contributed by atoms with E-state index in [0.29, 0.717) is 18.7 Å². The molecule has 0 saturated heterocycles. The summed E-state index contributed by atoms with van der Waals surface area (Å²) in [7, 11) is 0. The first-order valence-corrected chi connectivity index (χ1v) is 7.83. The Hall–Kier alpha value is -2.82. The maximum Gasteiger partial charge on any atom is 0.321 e. The van der Waals surface area contributed by atoms with Crippen LogP contribution in [-0.2, 0) is 14.3 Å². The predicted molar refractivity (Wildman–Crippen MR) is 93.2 cm³/mol. The minimum atomic E-state index is -0.971. The maximum atomic E-state index is 11.9. The Morgan fingerprint density at radius 1 is 1.21 bits per heavy atom. The van der Waals surface area contributed by atoms with E-state index in [1.807, 2.05) is 43.3 Å². The van der Waals surface area contributed by atoms with Crippen LogP contribution in [0.2, 0.25) is 0 Å². The first kappa shape index (κ1) is 17.5. The SMILES string of the molecule is CCCOC(=O)C(C=Nc1cccc(-c2ccncc2)c1)C(C)=O. The molecule has 5 nitrogen and oxygen atoms in total. The number of carbonyl (C=O) groups is 2. The number of benzene rings is 1. The van der Waals surface area contributed by atoms with Gasteiger partial charge in [0.1, 0.15) is 5.78 Å². The Kier molecular flexibility index (Phi) is 6.37. The van der Waals surface area contributed by atoms with Crippen LogP contribution in [-0.4, -0.2) is 29.6 Å². The quantitative estimate of drug-likeness (QED) is 0.443. The zero-order valence-corrected chi connectivity index (χ0v) is 13.8. The second kappa shape index (κ2) is 8.72. The van der Waals surface area contributed by atoms with Crippen molar-refractivity contribution < 1.29 is 14.3 Å². The van der Waals surface area contributed by atoms with Gasteiger partial charge in [0.25, 0.3) is 0 Å². The summed E-state index contributed by atoms with van der Waals surface area (Å²) in [5, 5.41) is 0. The fraction of sp³-hybridized carbons (Fsp3) is 0.263. The number of Topliss-reactive ketones (excluding diaryl/α,β-unsaturated/α-hetero) is 1. The molecule has 0 radical (unpaired) electrons. The zero-order chi connectivity index (χ0) is 17.4. The van der Waals surface area contributed by atoms with Gasteiger partial charge in [0.05, 0.1) is 12.3 Å². The van der Waals surface area contributed by atoms with Crippen LogP contribution in [0.4, 0.5) is 5.69 Å². The van der Waals surface area contributed by atoms with Crippen molar-refractivity contribution in [3.63, 3.8) is 0 Å². The molecule has 2 aromatic rings. The van der Waals surface area contributed by atoms with Gasteiger partial charge in [0.2, 0.25) is 0 Å². The van der Waals surface area contributed by atoms with Gasteiger partial charge in [-0.05, 0) is 48.7 Å². The van der Waals surface area contributed by atoms with Crippen molar-refractivity contribution in [3.05, 3.63) is 48.8 Å². The molecule has 1 aromatic heterocycles. The van der Waals surface area contributed by atoms with Gasteiger partial charge in [-0.1, -0.05) is 19.1 Å². The second-order valence-corrected chi connectivity index (χ2v) is 5.32. The van der Waals surface area contributed by atoms with Gasteiger partial charge in [-0.2, -0.15) is 0 Å². The number of nitrogens with zero attached hydrogens (tertiary/aromatic N) is 2. The van der Waals surface area contributed by atoms with Crippen molar-refractivity contribution in [1.29, 1.82) is 0 Å². The first-order chi connectivity index (χ1) is 11.6. The van der Waals surface area contributed by atoms with Gasteiger partial charge in [-0.25, -0.2) is 0 Å². The molecule has 0 N–H and O–H groups in total. The Morgan fingerprint density at radius 3 is 2.62 bits per heavy atom. The van der Waals surface area contributed by atoms with Crippen LogP contribution in [0.3, 0.4) is 0 Å². The third-order valence-electron chi connectivity index (χ3n) is 3.37. The van der Waals surface area contributed by atoms with E-state index >= 15 is 0 Å². The van der Waals surface area contributed by atoms with Crippen molar-refractivity contribution in [1.82, 2.24) is 4.98 Å². The summed E-state index contributed by atoms with van der Waals surface area (Å²) < 4.78 is 5.04. The molecule has 0 aliphatic rings. The number of pyridine rings is 1. The minimum absolute atomic E-state index is 0.287. The number of ether oxygens (including phenoxy) is 1. The lowest BCUT2D eigenvalue weighted by Crippen LogP contribution is -2.25. The number of rotatable bonds is 7. The molecule has 24 heavy (non-hydrogen) atoms. The number of hydrogen-bond acceptors (Lipinski definition) is 5. The highest BCUT2D eigenvalue weighted by molar-refractivity contribution is 6.11. The predicted octanol–water partition coefficient (Wildman–Crippen LogP) is 3.61. The number of aliphatic imine (C=N–C) groups is 1. The van der Waals surface area contributed by atoms with Gasteiger partial charge in [-0.3, -0.25) is 19.6 Å². The van der Waals surface area contributed by atoms with Gasteiger partial charge >= 0.3 is 5.97 Å². The average Bonchev–Trinajstić information content (AvgIpc) is 2.61. The highest BCUT2D eigenvalue weighted by atomic mass is 16.5. The monoisotopic (exact) mass is 324 g/mol. The highest BCUT2D eigenvalue weighted by Crippen LogP contribution is 2.23. The lowest BCUT2D eigenvalue weighted by Gasteiger charge is -2.08. The molecule has 0 spiro atoms. The van der Waals surface area contributed by atoms with E-state index in [1.54, 1.807) is 12.4 Å². The Bertz CT molecular complexity index is 726. The molecule has 0 bridgehead atoms. The number of ketones is 1. The Morgan fingerprint density at radius 2 is 1.96 bits per heavy atom. The smallest absolute Gasteiger partial charge is 0.321 e. The molecular weight excluding hydrogens is 304 g/mol. The summed E-state index contributed by atoms with van der Waals surface area (Å²) in [6.07, 6.45) is 5.51. The van der Waals surface area contributed by atoms with Crippen molar-refractivity contribution in [2.45, 2.75) is 20.3 Å². The largest absolute Gasteiger partial charge is 0.465 e. The molecule has 2 rings (SSSR count). The van der Waals surface area contributed by atoms with Crippen LogP contribution in [0, 0.1) is 5.92 Å². The first-order valence-electron chi connectivity index (χ1n) is 7.83. The van der Waals surface area contributed by atoms with E-state index in [0.717, 1.165) is 11.1 Å². The summed E-state index contributed by atoms with van der Waals surface area (Å²) in [6, 6.07) is 11.4. The molecule has 5 heteroatoms. The molecule has 1 atom stereocenters. The van der Waals surface area contributed by atoms with Gasteiger partial charge in [0, 0.05) is 18.6 Å². The van der Waals surface area contributed by atoms with E-state index < -0.39 is 11.9 Å². The second-order valence-electron chi connectivity index (χ2n) is 5.32. The van der Waals surface area contributed by atoms with Crippen molar-refractivity contribution in [2.24, 2.45) is 10.9 Å². The molecular formula is C19H20N2O3. The van der Waals surface area contributed by atoms with Gasteiger partial charge in [0.15, 0.2) is 5.92 Å². The molecule has 0 amide bonds. The zero-order valence-electron chi connectivity index (χ0n) is 13.8.